The fraction of sp³-hybridized carbons (Fsp3) is 0.385. The van der Waals surface area contributed by atoms with Gasteiger partial charge in [-0.1, -0.05) is 12.1 Å². The molecule has 10 heteroatoms. The number of hydrogen-bond donors (Lipinski definition) is 6. The van der Waals surface area contributed by atoms with E-state index in [4.69, 9.17) is 15.9 Å². The van der Waals surface area contributed by atoms with Gasteiger partial charge in [0, 0.05) is 11.8 Å². The van der Waals surface area contributed by atoms with Crippen molar-refractivity contribution in [2.45, 2.75) is 18.3 Å². The molecule has 23 heavy (non-hydrogen) atoms. The second-order valence-electron chi connectivity index (χ2n) is 4.96. The first-order valence-corrected chi connectivity index (χ1v) is 8.58. The molecule has 7 N–H and O–H groups in total. The van der Waals surface area contributed by atoms with Gasteiger partial charge in [-0.05, 0) is 24.1 Å². The number of nitrogens with two attached hydrogens (primary N) is 1. The Bertz CT molecular complexity index is 605. The molecule has 0 spiro atoms. The number of nitrogens with one attached hydrogen (secondary N) is 1. The van der Waals surface area contributed by atoms with E-state index in [-0.39, 0.29) is 18.5 Å². The molecule has 2 unspecified atom stereocenters. The van der Waals surface area contributed by atoms with Crippen LogP contribution in [-0.4, -0.2) is 50.9 Å². The second kappa shape index (κ2) is 8.07. The van der Waals surface area contributed by atoms with E-state index < -0.39 is 37.4 Å². The first kappa shape index (κ1) is 19.1. The lowest BCUT2D eigenvalue weighted by Gasteiger charge is -2.19. The molecule has 1 rings (SSSR count). The van der Waals surface area contributed by atoms with Crippen molar-refractivity contribution in [2.75, 3.05) is 18.0 Å². The van der Waals surface area contributed by atoms with Crippen molar-refractivity contribution in [3.05, 3.63) is 29.8 Å². The third kappa shape index (κ3) is 5.99. The molecule has 0 fully saturated rings. The largest absolute Gasteiger partial charge is 0.480 e. The molecule has 0 bridgehead atoms. The third-order valence-corrected chi connectivity index (χ3v) is 5.07. The first-order valence-electron chi connectivity index (χ1n) is 6.67. The SMILES string of the molecule is N[C@@H](CCP(=O)(O)C(O)c1ccc(NCC(=O)O)cc1)C(=O)O. The quantitative estimate of drug-likeness (QED) is 0.343. The van der Waals surface area contributed by atoms with E-state index in [0.717, 1.165) is 0 Å². The molecule has 9 nitrogen and oxygen atoms in total. The molecule has 0 radical (unpaired) electrons. The van der Waals surface area contributed by atoms with Gasteiger partial charge in [-0.2, -0.15) is 0 Å². The fourth-order valence-electron chi connectivity index (χ4n) is 1.75. The van der Waals surface area contributed by atoms with Crippen LogP contribution in [0.15, 0.2) is 24.3 Å². The third-order valence-electron chi connectivity index (χ3n) is 3.11. The van der Waals surface area contributed by atoms with Gasteiger partial charge >= 0.3 is 11.9 Å². The highest BCUT2D eigenvalue weighted by molar-refractivity contribution is 7.58. The highest BCUT2D eigenvalue weighted by atomic mass is 31.2. The molecule has 0 amide bonds. The summed E-state index contributed by atoms with van der Waals surface area (Å²) in [4.78, 5) is 30.9. The number of rotatable bonds is 9. The van der Waals surface area contributed by atoms with Gasteiger partial charge in [0.25, 0.3) is 0 Å². The standard InChI is InChI=1S/C13H19N2O7P/c14-10(12(18)19)5-6-23(21,22)13(20)8-1-3-9(4-2-8)15-7-11(16)17/h1-4,10,13,15,20H,5-7,14H2,(H,16,17)(H,18,19)(H,21,22)/t10-,13?/m0/s1. The molecule has 0 saturated heterocycles. The van der Waals surface area contributed by atoms with E-state index in [2.05, 4.69) is 5.32 Å². The van der Waals surface area contributed by atoms with Crippen molar-refractivity contribution in [2.24, 2.45) is 5.73 Å². The van der Waals surface area contributed by atoms with Gasteiger partial charge in [0.2, 0.25) is 7.37 Å². The number of anilines is 1. The zero-order chi connectivity index (χ0) is 17.6. The topological polar surface area (TPSA) is 170 Å². The monoisotopic (exact) mass is 346 g/mol. The van der Waals surface area contributed by atoms with Crippen LogP contribution in [0.1, 0.15) is 17.8 Å². The summed E-state index contributed by atoms with van der Waals surface area (Å²) in [6.45, 7) is -0.284. The smallest absolute Gasteiger partial charge is 0.322 e. The number of benzene rings is 1. The Morgan fingerprint density at radius 2 is 1.78 bits per heavy atom. The van der Waals surface area contributed by atoms with Crippen molar-refractivity contribution < 1.29 is 34.4 Å². The summed E-state index contributed by atoms with van der Waals surface area (Å²) in [6.07, 6.45) is -0.668. The Morgan fingerprint density at radius 3 is 2.26 bits per heavy atom. The zero-order valence-electron chi connectivity index (χ0n) is 12.1. The lowest BCUT2D eigenvalue weighted by Crippen LogP contribution is -2.31. The van der Waals surface area contributed by atoms with Crippen molar-refractivity contribution >= 4 is 25.0 Å². The molecule has 1 aromatic carbocycles. The number of aliphatic hydroxyl groups excluding tert-OH is 1. The Morgan fingerprint density at radius 1 is 1.22 bits per heavy atom. The van der Waals surface area contributed by atoms with Gasteiger partial charge in [0.1, 0.15) is 12.6 Å². The summed E-state index contributed by atoms with van der Waals surface area (Å²) < 4.78 is 12.1. The minimum absolute atomic E-state index is 0.167. The molecule has 1 aromatic rings. The first-order chi connectivity index (χ1) is 10.6. The van der Waals surface area contributed by atoms with Crippen molar-refractivity contribution in [3.8, 4) is 0 Å². The number of carboxylic acids is 2. The molecular weight excluding hydrogens is 327 g/mol. The molecular formula is C13H19N2O7P. The molecule has 3 atom stereocenters. The summed E-state index contributed by atoms with van der Waals surface area (Å²) >= 11 is 0. The molecule has 0 aromatic heterocycles. The lowest BCUT2D eigenvalue weighted by atomic mass is 10.2. The zero-order valence-corrected chi connectivity index (χ0v) is 13.0. The van der Waals surface area contributed by atoms with E-state index in [1.54, 1.807) is 0 Å². The Hall–Kier alpha value is -1.93. The maximum atomic E-state index is 12.1. The van der Waals surface area contributed by atoms with E-state index in [9.17, 15) is 24.2 Å². The molecule has 0 aliphatic carbocycles. The normalized spacial score (nSPS) is 16.1. The van der Waals surface area contributed by atoms with Crippen LogP contribution in [-0.2, 0) is 14.2 Å². The van der Waals surface area contributed by atoms with Gasteiger partial charge in [0.15, 0.2) is 5.85 Å². The van der Waals surface area contributed by atoms with Crippen LogP contribution in [0.3, 0.4) is 0 Å². The van der Waals surface area contributed by atoms with Gasteiger partial charge in [-0.3, -0.25) is 14.2 Å². The summed E-state index contributed by atoms with van der Waals surface area (Å²) in [6, 6.07) is 4.42. The molecule has 128 valence electrons. The fourth-order valence-corrected chi connectivity index (χ4v) is 3.28. The summed E-state index contributed by atoms with van der Waals surface area (Å²) in [5.41, 5.74) is 5.91. The maximum absolute atomic E-state index is 12.1. The van der Waals surface area contributed by atoms with Crippen LogP contribution in [0.5, 0.6) is 0 Å². The molecule has 0 aliphatic rings. The van der Waals surface area contributed by atoms with Gasteiger partial charge in [-0.25, -0.2) is 0 Å². The van der Waals surface area contributed by atoms with Gasteiger partial charge in [0.05, 0.1) is 0 Å². The lowest BCUT2D eigenvalue weighted by molar-refractivity contribution is -0.138. The van der Waals surface area contributed by atoms with Crippen LogP contribution in [0.2, 0.25) is 0 Å². The van der Waals surface area contributed by atoms with Crippen molar-refractivity contribution in [1.82, 2.24) is 0 Å². The number of aliphatic hydroxyl groups is 1. The van der Waals surface area contributed by atoms with Crippen LogP contribution in [0.25, 0.3) is 0 Å². The minimum atomic E-state index is -4.05. The van der Waals surface area contributed by atoms with E-state index >= 15 is 0 Å². The highest BCUT2D eigenvalue weighted by Gasteiger charge is 2.31. The van der Waals surface area contributed by atoms with Crippen LogP contribution in [0, 0.1) is 0 Å². The maximum Gasteiger partial charge on any atom is 0.322 e. The predicted octanol–water partition coefficient (Wildman–Crippen LogP) is 0.246. The van der Waals surface area contributed by atoms with E-state index in [1.807, 2.05) is 0 Å². The average Bonchev–Trinajstić information content (AvgIpc) is 2.50. The van der Waals surface area contributed by atoms with Crippen LogP contribution >= 0.6 is 7.37 Å². The Balaban J connectivity index is 2.71. The summed E-state index contributed by atoms with van der Waals surface area (Å²) in [5.74, 6) is -3.99. The van der Waals surface area contributed by atoms with Crippen LogP contribution in [0.4, 0.5) is 5.69 Å². The predicted molar refractivity (Wildman–Crippen MR) is 82.4 cm³/mol. The Labute approximate surface area is 132 Å². The molecule has 0 saturated carbocycles. The second-order valence-corrected chi connectivity index (χ2v) is 7.40. The molecule has 0 heterocycles. The van der Waals surface area contributed by atoms with Crippen molar-refractivity contribution in [1.29, 1.82) is 0 Å². The highest BCUT2D eigenvalue weighted by Crippen LogP contribution is 2.54. The minimum Gasteiger partial charge on any atom is -0.480 e. The van der Waals surface area contributed by atoms with E-state index in [0.29, 0.717) is 5.69 Å². The van der Waals surface area contributed by atoms with Crippen LogP contribution < -0.4 is 11.1 Å². The number of aliphatic carboxylic acids is 2. The number of carboxylic acid groups (broad SMARTS) is 2. The van der Waals surface area contributed by atoms with Gasteiger partial charge in [-0.15, -0.1) is 0 Å². The Kier molecular flexibility index (Phi) is 6.71. The molecule has 0 aliphatic heterocycles. The van der Waals surface area contributed by atoms with E-state index in [1.165, 1.54) is 24.3 Å². The summed E-state index contributed by atoms with van der Waals surface area (Å²) in [7, 11) is -4.05. The number of carbonyl (C=O) groups is 2. The number of hydrogen-bond acceptors (Lipinski definition) is 6. The summed E-state index contributed by atoms with van der Waals surface area (Å²) in [5, 5.41) is 29.8. The average molecular weight is 346 g/mol. The van der Waals surface area contributed by atoms with Gasteiger partial charge < -0.3 is 31.3 Å². The van der Waals surface area contributed by atoms with Crippen molar-refractivity contribution in [3.63, 3.8) is 0 Å².